The molecule has 4 unspecified atom stereocenters. The lowest BCUT2D eigenvalue weighted by Gasteiger charge is -2.24. The molecule has 0 fully saturated rings. The molecule has 4 atom stereocenters. The third-order valence-electron chi connectivity index (χ3n) is 4.75. The van der Waals surface area contributed by atoms with Gasteiger partial charge in [-0.05, 0) is 31.6 Å². The van der Waals surface area contributed by atoms with Gasteiger partial charge in [0.05, 0.1) is 12.4 Å². The van der Waals surface area contributed by atoms with Gasteiger partial charge in [0.2, 0.25) is 17.7 Å². The van der Waals surface area contributed by atoms with Crippen LogP contribution in [0.4, 0.5) is 0 Å². The second kappa shape index (κ2) is 12.8. The molecular formula is C21H36N6O5. The number of rotatable bonds is 13. The van der Waals surface area contributed by atoms with Crippen LogP contribution in [0.2, 0.25) is 0 Å². The molecule has 0 bridgehead atoms. The molecule has 1 aromatic rings. The number of carbonyl (C=O) groups is 4. The van der Waals surface area contributed by atoms with E-state index in [4.69, 9.17) is 5.73 Å². The summed E-state index contributed by atoms with van der Waals surface area (Å²) in [6, 6.07) is -3.81. The molecule has 0 spiro atoms. The summed E-state index contributed by atoms with van der Waals surface area (Å²) in [6.45, 7) is 8.96. The fourth-order valence-corrected chi connectivity index (χ4v) is 3.08. The van der Waals surface area contributed by atoms with Crippen LogP contribution < -0.4 is 21.7 Å². The molecule has 0 saturated heterocycles. The third-order valence-corrected chi connectivity index (χ3v) is 4.75. The molecule has 0 radical (unpaired) electrons. The zero-order chi connectivity index (χ0) is 24.4. The molecule has 0 aliphatic carbocycles. The molecule has 0 aliphatic heterocycles. The number of H-pyrrole nitrogens is 1. The van der Waals surface area contributed by atoms with Crippen LogP contribution in [0, 0.1) is 11.8 Å². The zero-order valence-corrected chi connectivity index (χ0v) is 19.3. The van der Waals surface area contributed by atoms with Crippen molar-refractivity contribution in [2.45, 2.75) is 78.0 Å². The smallest absolute Gasteiger partial charge is 0.326 e. The average molecular weight is 453 g/mol. The highest BCUT2D eigenvalue weighted by molar-refractivity contribution is 5.93. The summed E-state index contributed by atoms with van der Waals surface area (Å²) in [7, 11) is 0. The normalized spacial score (nSPS) is 15.0. The number of aliphatic carboxylic acids is 1. The van der Waals surface area contributed by atoms with Gasteiger partial charge in [-0.1, -0.05) is 27.7 Å². The number of amides is 3. The Bertz CT molecular complexity index is 765. The Labute approximate surface area is 188 Å². The maximum atomic E-state index is 12.8. The Morgan fingerprint density at radius 2 is 1.50 bits per heavy atom. The van der Waals surface area contributed by atoms with Gasteiger partial charge in [0, 0.05) is 18.3 Å². The minimum atomic E-state index is -1.14. The number of carbonyl (C=O) groups excluding carboxylic acids is 3. The number of aromatic nitrogens is 2. The topological polar surface area (TPSA) is 179 Å². The van der Waals surface area contributed by atoms with Gasteiger partial charge in [-0.15, -0.1) is 0 Å². The number of aromatic amines is 1. The molecule has 1 aromatic heterocycles. The van der Waals surface area contributed by atoms with Crippen molar-refractivity contribution in [1.82, 2.24) is 25.9 Å². The highest BCUT2D eigenvalue weighted by atomic mass is 16.4. The number of hydrogen-bond acceptors (Lipinski definition) is 6. The quantitative estimate of drug-likeness (QED) is 0.242. The van der Waals surface area contributed by atoms with E-state index in [1.54, 1.807) is 6.20 Å². The van der Waals surface area contributed by atoms with E-state index in [2.05, 4.69) is 25.9 Å². The lowest BCUT2D eigenvalue weighted by molar-refractivity contribution is -0.142. The Morgan fingerprint density at radius 3 is 2.00 bits per heavy atom. The highest BCUT2D eigenvalue weighted by Gasteiger charge is 2.29. The third kappa shape index (κ3) is 9.46. The van der Waals surface area contributed by atoms with Crippen LogP contribution in [0.3, 0.4) is 0 Å². The standard InChI is InChI=1S/C21H36N6O5/c1-11(2)6-16(26-19(29)15(22)8-14-9-23-10-24-14)20(30)25-13(5)18(28)27-17(21(31)32)7-12(3)4/h9-13,15-17H,6-8,22H2,1-5H3,(H,23,24)(H,25,30)(H,26,29)(H,27,28)(H,31,32). The molecule has 3 amide bonds. The number of imidazole rings is 1. The van der Waals surface area contributed by atoms with E-state index in [9.17, 15) is 24.3 Å². The van der Waals surface area contributed by atoms with Gasteiger partial charge in [-0.2, -0.15) is 0 Å². The van der Waals surface area contributed by atoms with E-state index in [1.165, 1.54) is 13.3 Å². The number of nitrogens with zero attached hydrogens (tertiary/aromatic N) is 1. The molecular weight excluding hydrogens is 416 g/mol. The van der Waals surface area contributed by atoms with Crippen LogP contribution in [0.15, 0.2) is 12.5 Å². The SMILES string of the molecule is CC(C)CC(NC(=O)C(C)NC(=O)C(CC(C)C)NC(=O)C(N)Cc1cnc[nH]1)C(=O)O. The van der Waals surface area contributed by atoms with Gasteiger partial charge in [-0.25, -0.2) is 9.78 Å². The summed E-state index contributed by atoms with van der Waals surface area (Å²) in [4.78, 5) is 55.8. The van der Waals surface area contributed by atoms with Gasteiger partial charge in [0.25, 0.3) is 0 Å². The molecule has 180 valence electrons. The first-order chi connectivity index (χ1) is 14.9. The minimum absolute atomic E-state index is 0.0675. The van der Waals surface area contributed by atoms with Crippen molar-refractivity contribution in [2.75, 3.05) is 0 Å². The average Bonchev–Trinajstić information content (AvgIpc) is 3.18. The number of carboxylic acids is 1. The van der Waals surface area contributed by atoms with Gasteiger partial charge >= 0.3 is 5.97 Å². The lowest BCUT2D eigenvalue weighted by atomic mass is 10.0. The summed E-state index contributed by atoms with van der Waals surface area (Å²) in [5.74, 6) is -2.64. The summed E-state index contributed by atoms with van der Waals surface area (Å²) < 4.78 is 0. The first kappa shape index (κ1) is 27.1. The van der Waals surface area contributed by atoms with E-state index in [-0.39, 0.29) is 24.7 Å². The predicted molar refractivity (Wildman–Crippen MR) is 118 cm³/mol. The number of nitrogens with two attached hydrogens (primary N) is 1. The van der Waals surface area contributed by atoms with Crippen LogP contribution in [-0.2, 0) is 25.6 Å². The van der Waals surface area contributed by atoms with Crippen LogP contribution >= 0.6 is 0 Å². The first-order valence-corrected chi connectivity index (χ1v) is 10.8. The zero-order valence-electron chi connectivity index (χ0n) is 19.3. The molecule has 0 aromatic carbocycles. The molecule has 0 aliphatic rings. The fraction of sp³-hybridized carbons (Fsp3) is 0.667. The van der Waals surface area contributed by atoms with Crippen molar-refractivity contribution in [1.29, 1.82) is 0 Å². The number of carboxylic acid groups (broad SMARTS) is 1. The summed E-state index contributed by atoms with van der Waals surface area (Å²) in [5.41, 5.74) is 6.64. The van der Waals surface area contributed by atoms with E-state index in [0.29, 0.717) is 12.1 Å². The maximum Gasteiger partial charge on any atom is 0.326 e. The second-order valence-electron chi connectivity index (χ2n) is 8.84. The molecule has 1 heterocycles. The summed E-state index contributed by atoms with van der Waals surface area (Å²) >= 11 is 0. The molecule has 7 N–H and O–H groups in total. The monoisotopic (exact) mass is 452 g/mol. The van der Waals surface area contributed by atoms with Crippen LogP contribution in [0.1, 0.15) is 53.2 Å². The van der Waals surface area contributed by atoms with Crippen molar-refractivity contribution < 1.29 is 24.3 Å². The first-order valence-electron chi connectivity index (χ1n) is 10.8. The van der Waals surface area contributed by atoms with E-state index in [1.807, 2.05) is 27.7 Å². The molecule has 0 saturated carbocycles. The molecule has 1 rings (SSSR count). The van der Waals surface area contributed by atoms with E-state index < -0.39 is 47.9 Å². The summed E-state index contributed by atoms with van der Waals surface area (Å²) in [6.07, 6.45) is 3.88. The number of nitrogens with one attached hydrogen (secondary N) is 4. The Hall–Kier alpha value is -2.95. The summed E-state index contributed by atoms with van der Waals surface area (Å²) in [5, 5.41) is 17.0. The minimum Gasteiger partial charge on any atom is -0.480 e. The van der Waals surface area contributed by atoms with Crippen molar-refractivity contribution in [3.8, 4) is 0 Å². The van der Waals surface area contributed by atoms with E-state index in [0.717, 1.165) is 0 Å². The lowest BCUT2D eigenvalue weighted by Crippen LogP contribution is -2.56. The van der Waals surface area contributed by atoms with Gasteiger partial charge < -0.3 is 31.8 Å². The van der Waals surface area contributed by atoms with Crippen molar-refractivity contribution in [3.05, 3.63) is 18.2 Å². The van der Waals surface area contributed by atoms with Gasteiger partial charge in [0.15, 0.2) is 0 Å². The molecule has 11 heteroatoms. The predicted octanol–water partition coefficient (Wildman–Crippen LogP) is -0.0694. The fourth-order valence-electron chi connectivity index (χ4n) is 3.08. The molecule has 11 nitrogen and oxygen atoms in total. The van der Waals surface area contributed by atoms with E-state index >= 15 is 0 Å². The Kier molecular flexibility index (Phi) is 10.8. The highest BCUT2D eigenvalue weighted by Crippen LogP contribution is 2.08. The number of hydrogen-bond donors (Lipinski definition) is 6. The van der Waals surface area contributed by atoms with Crippen LogP contribution in [0.5, 0.6) is 0 Å². The van der Waals surface area contributed by atoms with Crippen LogP contribution in [-0.4, -0.2) is 62.9 Å². The van der Waals surface area contributed by atoms with Crippen molar-refractivity contribution in [3.63, 3.8) is 0 Å². The second-order valence-corrected chi connectivity index (χ2v) is 8.84. The van der Waals surface area contributed by atoms with Crippen molar-refractivity contribution >= 4 is 23.7 Å². The largest absolute Gasteiger partial charge is 0.480 e. The Balaban J connectivity index is 2.74. The maximum absolute atomic E-state index is 12.8. The van der Waals surface area contributed by atoms with Crippen LogP contribution in [0.25, 0.3) is 0 Å². The van der Waals surface area contributed by atoms with Crippen molar-refractivity contribution in [2.24, 2.45) is 17.6 Å². The van der Waals surface area contributed by atoms with Gasteiger partial charge in [0.1, 0.15) is 18.1 Å². The Morgan fingerprint density at radius 1 is 0.938 bits per heavy atom. The molecule has 32 heavy (non-hydrogen) atoms. The van der Waals surface area contributed by atoms with Gasteiger partial charge in [-0.3, -0.25) is 14.4 Å².